The summed E-state index contributed by atoms with van der Waals surface area (Å²) in [7, 11) is 1.62. The Morgan fingerprint density at radius 1 is 1.11 bits per heavy atom. The van der Waals surface area contributed by atoms with E-state index in [2.05, 4.69) is 35.0 Å². The van der Waals surface area contributed by atoms with Crippen LogP contribution >= 0.6 is 0 Å². The molecule has 8 nitrogen and oxygen atoms in total. The standard InChI is InChI=1S/C28H29N5O3/c1-18-17-36-15-14-33(18)27-23-11-13-32(28(34)19-6-8-20(35-2)9-7-19)16-25(23)30-26(31-27)22-4-3-5-24-21(22)10-12-29-24/h3-10,12,18,29H,11,13-17H2,1-2H3/t18-/m1/s1. The number of H-pyrrole nitrogens is 1. The average Bonchev–Trinajstić information content (AvgIpc) is 3.41. The Labute approximate surface area is 209 Å². The van der Waals surface area contributed by atoms with E-state index < -0.39 is 0 Å². The minimum Gasteiger partial charge on any atom is -0.497 e. The van der Waals surface area contributed by atoms with Gasteiger partial charge in [-0.2, -0.15) is 0 Å². The fourth-order valence-corrected chi connectivity index (χ4v) is 5.18. The highest BCUT2D eigenvalue weighted by Gasteiger charge is 2.31. The van der Waals surface area contributed by atoms with Crippen molar-refractivity contribution in [3.63, 3.8) is 0 Å². The molecule has 2 aliphatic rings. The summed E-state index contributed by atoms with van der Waals surface area (Å²) in [6, 6.07) is 15.7. The van der Waals surface area contributed by atoms with Crippen LogP contribution in [0, 0.1) is 0 Å². The van der Waals surface area contributed by atoms with Gasteiger partial charge in [0, 0.05) is 46.9 Å². The maximum absolute atomic E-state index is 13.4. The van der Waals surface area contributed by atoms with Crippen LogP contribution in [0.3, 0.4) is 0 Å². The van der Waals surface area contributed by atoms with E-state index in [4.69, 9.17) is 19.4 Å². The third-order valence-corrected chi connectivity index (χ3v) is 7.14. The molecule has 1 amide bonds. The molecule has 1 saturated heterocycles. The van der Waals surface area contributed by atoms with Crippen molar-refractivity contribution in [2.75, 3.05) is 38.3 Å². The highest BCUT2D eigenvalue weighted by molar-refractivity contribution is 5.95. The second-order valence-corrected chi connectivity index (χ2v) is 9.36. The number of nitrogens with one attached hydrogen (secondary N) is 1. The number of carbonyl (C=O) groups is 1. The highest BCUT2D eigenvalue weighted by Crippen LogP contribution is 2.34. The lowest BCUT2D eigenvalue weighted by atomic mass is 10.0. The molecule has 36 heavy (non-hydrogen) atoms. The summed E-state index contributed by atoms with van der Waals surface area (Å²) in [5, 5.41) is 1.08. The Bertz CT molecular complexity index is 1410. The molecule has 4 heterocycles. The molecule has 0 unspecified atom stereocenters. The number of hydrogen-bond donors (Lipinski definition) is 1. The normalized spacial score (nSPS) is 17.8. The summed E-state index contributed by atoms with van der Waals surface area (Å²) >= 11 is 0. The van der Waals surface area contributed by atoms with E-state index in [0.29, 0.717) is 44.1 Å². The maximum Gasteiger partial charge on any atom is 0.254 e. The van der Waals surface area contributed by atoms with Crippen LogP contribution in [0.5, 0.6) is 5.75 Å². The van der Waals surface area contributed by atoms with Gasteiger partial charge in [-0.15, -0.1) is 0 Å². The second kappa shape index (κ2) is 9.28. The number of rotatable bonds is 4. The van der Waals surface area contributed by atoms with E-state index in [0.717, 1.165) is 45.8 Å². The van der Waals surface area contributed by atoms with E-state index in [1.165, 1.54) is 0 Å². The molecule has 0 saturated carbocycles. The van der Waals surface area contributed by atoms with Crippen molar-refractivity contribution < 1.29 is 14.3 Å². The lowest BCUT2D eigenvalue weighted by molar-refractivity contribution is 0.0731. The lowest BCUT2D eigenvalue weighted by Crippen LogP contribution is -2.45. The number of anilines is 1. The van der Waals surface area contributed by atoms with Crippen molar-refractivity contribution in [2.24, 2.45) is 0 Å². The number of carbonyl (C=O) groups excluding carboxylic acids is 1. The Morgan fingerprint density at radius 3 is 2.78 bits per heavy atom. The molecule has 0 radical (unpaired) electrons. The van der Waals surface area contributed by atoms with Gasteiger partial charge in [0.05, 0.1) is 38.6 Å². The van der Waals surface area contributed by atoms with Gasteiger partial charge in [0.2, 0.25) is 0 Å². The van der Waals surface area contributed by atoms with E-state index in [1.807, 2.05) is 41.4 Å². The summed E-state index contributed by atoms with van der Waals surface area (Å²) in [6.07, 6.45) is 2.65. The largest absolute Gasteiger partial charge is 0.497 e. The van der Waals surface area contributed by atoms with E-state index >= 15 is 0 Å². The third kappa shape index (κ3) is 3.97. The van der Waals surface area contributed by atoms with Crippen LogP contribution in [0.1, 0.15) is 28.5 Å². The molecular formula is C28H29N5O3. The van der Waals surface area contributed by atoms with Crippen LogP contribution in [0.15, 0.2) is 54.7 Å². The number of morpholine rings is 1. The predicted octanol–water partition coefficient (Wildman–Crippen LogP) is 4.06. The summed E-state index contributed by atoms with van der Waals surface area (Å²) in [5.74, 6) is 2.38. The maximum atomic E-state index is 13.4. The fourth-order valence-electron chi connectivity index (χ4n) is 5.18. The zero-order valence-corrected chi connectivity index (χ0v) is 20.5. The molecule has 0 aliphatic carbocycles. The van der Waals surface area contributed by atoms with Crippen LogP contribution in [0.25, 0.3) is 22.3 Å². The lowest BCUT2D eigenvalue weighted by Gasteiger charge is -2.38. The number of benzene rings is 2. The van der Waals surface area contributed by atoms with Gasteiger partial charge in [-0.25, -0.2) is 9.97 Å². The summed E-state index contributed by atoms with van der Waals surface area (Å²) in [5.41, 5.74) is 4.72. The average molecular weight is 484 g/mol. The number of amides is 1. The Kier molecular flexibility index (Phi) is 5.81. The van der Waals surface area contributed by atoms with Gasteiger partial charge < -0.3 is 24.3 Å². The van der Waals surface area contributed by atoms with Gasteiger partial charge >= 0.3 is 0 Å². The smallest absolute Gasteiger partial charge is 0.254 e. The summed E-state index contributed by atoms with van der Waals surface area (Å²) < 4.78 is 10.9. The Morgan fingerprint density at radius 2 is 1.97 bits per heavy atom. The molecule has 2 aliphatic heterocycles. The number of nitrogens with zero attached hydrogens (tertiary/aromatic N) is 4. The number of hydrogen-bond acceptors (Lipinski definition) is 6. The van der Waals surface area contributed by atoms with Crippen LogP contribution in [0.4, 0.5) is 5.82 Å². The van der Waals surface area contributed by atoms with Crippen LogP contribution in [-0.2, 0) is 17.7 Å². The van der Waals surface area contributed by atoms with E-state index in [1.54, 1.807) is 7.11 Å². The molecule has 4 aromatic rings. The zero-order valence-electron chi connectivity index (χ0n) is 20.5. The Balaban J connectivity index is 1.41. The molecule has 0 spiro atoms. The minimum absolute atomic E-state index is 0.00232. The van der Waals surface area contributed by atoms with Crippen molar-refractivity contribution in [3.05, 3.63) is 71.5 Å². The molecular weight excluding hydrogens is 454 g/mol. The first-order valence-electron chi connectivity index (χ1n) is 12.4. The number of ether oxygens (including phenoxy) is 2. The molecule has 184 valence electrons. The third-order valence-electron chi connectivity index (χ3n) is 7.14. The number of aromatic nitrogens is 3. The summed E-state index contributed by atoms with van der Waals surface area (Å²) in [4.78, 5) is 31.0. The molecule has 1 N–H and O–H groups in total. The zero-order chi connectivity index (χ0) is 24.6. The molecule has 8 heteroatoms. The molecule has 6 rings (SSSR count). The SMILES string of the molecule is COc1ccc(C(=O)N2CCc3c(nc(-c4cccc5[nH]ccc45)nc3N3CCOC[C@H]3C)C2)cc1. The van der Waals surface area contributed by atoms with Crippen molar-refractivity contribution in [1.29, 1.82) is 0 Å². The van der Waals surface area contributed by atoms with Crippen molar-refractivity contribution in [1.82, 2.24) is 19.9 Å². The predicted molar refractivity (Wildman–Crippen MR) is 138 cm³/mol. The molecule has 2 aromatic heterocycles. The fraction of sp³-hybridized carbons (Fsp3) is 0.321. The van der Waals surface area contributed by atoms with Gasteiger partial charge in [-0.1, -0.05) is 12.1 Å². The second-order valence-electron chi connectivity index (χ2n) is 9.36. The Hall–Kier alpha value is -3.91. The first-order chi connectivity index (χ1) is 17.6. The van der Waals surface area contributed by atoms with E-state index in [9.17, 15) is 4.79 Å². The van der Waals surface area contributed by atoms with Gasteiger partial charge in [0.15, 0.2) is 5.82 Å². The van der Waals surface area contributed by atoms with E-state index in [-0.39, 0.29) is 11.9 Å². The van der Waals surface area contributed by atoms with Crippen LogP contribution < -0.4 is 9.64 Å². The van der Waals surface area contributed by atoms with Crippen LogP contribution in [-0.4, -0.2) is 65.2 Å². The van der Waals surface area contributed by atoms with Crippen molar-refractivity contribution >= 4 is 22.6 Å². The van der Waals surface area contributed by atoms with Gasteiger partial charge in [-0.05, 0) is 49.7 Å². The highest BCUT2D eigenvalue weighted by atomic mass is 16.5. The number of methoxy groups -OCH3 is 1. The first kappa shape index (κ1) is 22.5. The summed E-state index contributed by atoms with van der Waals surface area (Å²) in [6.45, 7) is 5.37. The first-order valence-corrected chi connectivity index (χ1v) is 12.4. The van der Waals surface area contributed by atoms with Gasteiger partial charge in [-0.3, -0.25) is 4.79 Å². The molecule has 0 bridgehead atoms. The number of aromatic amines is 1. The van der Waals surface area contributed by atoms with Crippen LogP contribution in [0.2, 0.25) is 0 Å². The van der Waals surface area contributed by atoms with Crippen molar-refractivity contribution in [3.8, 4) is 17.1 Å². The van der Waals surface area contributed by atoms with Crippen molar-refractivity contribution in [2.45, 2.75) is 25.9 Å². The number of fused-ring (bicyclic) bond motifs is 2. The van der Waals surface area contributed by atoms with Gasteiger partial charge in [0.25, 0.3) is 5.91 Å². The molecule has 1 atom stereocenters. The van der Waals surface area contributed by atoms with Gasteiger partial charge in [0.1, 0.15) is 11.6 Å². The molecule has 1 fully saturated rings. The minimum atomic E-state index is -0.00232. The molecule has 2 aromatic carbocycles. The quantitative estimate of drug-likeness (QED) is 0.471. The topological polar surface area (TPSA) is 83.6 Å². The monoisotopic (exact) mass is 483 g/mol.